The highest BCUT2D eigenvalue weighted by molar-refractivity contribution is 7.99. The zero-order valence-corrected chi connectivity index (χ0v) is 17.5. The van der Waals surface area contributed by atoms with Crippen molar-refractivity contribution < 1.29 is 14.0 Å². The van der Waals surface area contributed by atoms with Crippen molar-refractivity contribution in [3.63, 3.8) is 0 Å². The molecule has 2 N–H and O–H groups in total. The summed E-state index contributed by atoms with van der Waals surface area (Å²) in [4.78, 5) is 28.5. The lowest BCUT2D eigenvalue weighted by molar-refractivity contribution is -0.116. The first kappa shape index (κ1) is 21.7. The number of unbranched alkanes of at least 4 members (excludes halogenated alkanes) is 2. The summed E-state index contributed by atoms with van der Waals surface area (Å²) in [5.74, 6) is -0.0237. The number of Topliss-reactive ketones (excluding diaryl/α,β-unsaturated/α-hetero) is 1. The van der Waals surface area contributed by atoms with Crippen LogP contribution in [0, 0.1) is 5.82 Å². The summed E-state index contributed by atoms with van der Waals surface area (Å²) in [5, 5.41) is 9.94. The average Bonchev–Trinajstić information content (AvgIpc) is 3.22. The molecule has 1 amide bonds. The predicted octanol–water partition coefficient (Wildman–Crippen LogP) is 5.10. The lowest BCUT2D eigenvalue weighted by atomic mass is 10.1. The van der Waals surface area contributed by atoms with Gasteiger partial charge in [0.05, 0.1) is 11.3 Å². The molecule has 1 aromatic heterocycles. The number of nitrogens with one attached hydrogen (secondary N) is 2. The Hall–Kier alpha value is -3.00. The van der Waals surface area contributed by atoms with Gasteiger partial charge in [0, 0.05) is 17.7 Å². The maximum absolute atomic E-state index is 13.8. The zero-order valence-electron chi connectivity index (χ0n) is 16.7. The van der Waals surface area contributed by atoms with Gasteiger partial charge in [0.25, 0.3) is 0 Å². The molecule has 0 saturated heterocycles. The van der Waals surface area contributed by atoms with Crippen LogP contribution in [0.15, 0.2) is 53.7 Å². The topological polar surface area (TPSA) is 87.7 Å². The molecule has 0 fully saturated rings. The number of carbonyl (C=O) groups excluding carboxylic acids is 2. The molecule has 0 aliphatic carbocycles. The molecule has 8 heteroatoms. The van der Waals surface area contributed by atoms with Crippen LogP contribution in [0.3, 0.4) is 0 Å². The summed E-state index contributed by atoms with van der Waals surface area (Å²) in [6, 6.07) is 13.1. The Balaban J connectivity index is 1.52. The van der Waals surface area contributed by atoms with Crippen molar-refractivity contribution in [1.29, 1.82) is 0 Å². The molecule has 0 unspecified atom stereocenters. The van der Waals surface area contributed by atoms with Gasteiger partial charge < -0.3 is 5.32 Å². The Labute approximate surface area is 178 Å². The highest BCUT2D eigenvalue weighted by Gasteiger charge is 2.13. The number of H-pyrrole nitrogens is 1. The van der Waals surface area contributed by atoms with Crippen LogP contribution in [0.4, 0.5) is 10.1 Å². The molecule has 0 saturated carbocycles. The lowest BCUT2D eigenvalue weighted by Gasteiger charge is -2.06. The smallest absolute Gasteiger partial charge is 0.224 e. The van der Waals surface area contributed by atoms with Crippen LogP contribution < -0.4 is 5.32 Å². The van der Waals surface area contributed by atoms with Crippen LogP contribution >= 0.6 is 11.8 Å². The standard InChI is InChI=1S/C22H23FN4O2S/c1-2-3-4-9-20(29)24-16-12-10-15(11-13-16)19(28)14-30-22-25-21(26-27-22)17-7-5-6-8-18(17)23/h5-8,10-13H,2-4,9,14H2,1H3,(H,24,29)(H,25,26,27). The van der Waals surface area contributed by atoms with Crippen LogP contribution in [0.5, 0.6) is 0 Å². The van der Waals surface area contributed by atoms with E-state index in [9.17, 15) is 14.0 Å². The molecule has 6 nitrogen and oxygen atoms in total. The molecule has 0 bridgehead atoms. The maximum atomic E-state index is 13.8. The Morgan fingerprint density at radius 3 is 2.60 bits per heavy atom. The first-order valence-corrected chi connectivity index (χ1v) is 10.8. The highest BCUT2D eigenvalue weighted by atomic mass is 32.2. The third kappa shape index (κ3) is 6.00. The van der Waals surface area contributed by atoms with Gasteiger partial charge in [-0.2, -0.15) is 0 Å². The van der Waals surface area contributed by atoms with Crippen molar-refractivity contribution in [2.45, 2.75) is 37.8 Å². The summed E-state index contributed by atoms with van der Waals surface area (Å²) in [6.07, 6.45) is 3.47. The molecule has 30 heavy (non-hydrogen) atoms. The number of anilines is 1. The van der Waals surface area contributed by atoms with E-state index in [0.717, 1.165) is 19.3 Å². The average molecular weight is 427 g/mol. The van der Waals surface area contributed by atoms with Gasteiger partial charge in [-0.25, -0.2) is 9.37 Å². The number of rotatable bonds is 10. The van der Waals surface area contributed by atoms with E-state index >= 15 is 0 Å². The summed E-state index contributed by atoms with van der Waals surface area (Å²) in [6.45, 7) is 2.09. The number of amides is 1. The number of thioether (sulfide) groups is 1. The fourth-order valence-corrected chi connectivity index (χ4v) is 3.49. The van der Waals surface area contributed by atoms with Crippen LogP contribution in [-0.4, -0.2) is 32.6 Å². The van der Waals surface area contributed by atoms with Crippen molar-refractivity contribution in [2.24, 2.45) is 0 Å². The number of benzene rings is 2. The van der Waals surface area contributed by atoms with Gasteiger partial charge in [-0.3, -0.25) is 14.7 Å². The highest BCUT2D eigenvalue weighted by Crippen LogP contribution is 2.22. The van der Waals surface area contributed by atoms with Crippen molar-refractivity contribution in [2.75, 3.05) is 11.1 Å². The summed E-state index contributed by atoms with van der Waals surface area (Å²) >= 11 is 1.18. The van der Waals surface area contributed by atoms with E-state index in [1.54, 1.807) is 42.5 Å². The van der Waals surface area contributed by atoms with E-state index in [4.69, 9.17) is 0 Å². The van der Waals surface area contributed by atoms with Crippen molar-refractivity contribution >= 4 is 29.1 Å². The predicted molar refractivity (Wildman–Crippen MR) is 116 cm³/mol. The number of hydrogen-bond donors (Lipinski definition) is 2. The summed E-state index contributed by atoms with van der Waals surface area (Å²) < 4.78 is 13.8. The molecule has 2 aromatic carbocycles. The second-order valence-corrected chi connectivity index (χ2v) is 7.68. The number of halogens is 1. The van der Waals surface area contributed by atoms with Gasteiger partial charge in [-0.1, -0.05) is 43.7 Å². The van der Waals surface area contributed by atoms with Crippen LogP contribution in [0.25, 0.3) is 11.4 Å². The monoisotopic (exact) mass is 426 g/mol. The summed E-state index contributed by atoms with van der Waals surface area (Å²) in [5.41, 5.74) is 1.54. The van der Waals surface area contributed by atoms with E-state index in [1.165, 1.54) is 17.8 Å². The minimum absolute atomic E-state index is 0.0201. The van der Waals surface area contributed by atoms with Gasteiger partial charge in [0.15, 0.2) is 11.6 Å². The third-order valence-electron chi connectivity index (χ3n) is 4.42. The molecule has 1 heterocycles. The van der Waals surface area contributed by atoms with Gasteiger partial charge in [-0.05, 0) is 42.8 Å². The maximum Gasteiger partial charge on any atom is 0.224 e. The Bertz CT molecular complexity index is 1000. The number of ketones is 1. The van der Waals surface area contributed by atoms with Crippen molar-refractivity contribution in [1.82, 2.24) is 15.2 Å². The summed E-state index contributed by atoms with van der Waals surface area (Å²) in [7, 11) is 0. The second-order valence-electron chi connectivity index (χ2n) is 6.74. The first-order valence-electron chi connectivity index (χ1n) is 9.80. The van der Waals surface area contributed by atoms with Gasteiger partial charge in [-0.15, -0.1) is 5.10 Å². The van der Waals surface area contributed by atoms with Gasteiger partial charge in [0.2, 0.25) is 11.1 Å². The van der Waals surface area contributed by atoms with Crippen LogP contribution in [-0.2, 0) is 4.79 Å². The Kier molecular flexibility index (Phi) is 7.73. The molecule has 3 aromatic rings. The zero-order chi connectivity index (χ0) is 21.3. The van der Waals surface area contributed by atoms with Crippen LogP contribution in [0.1, 0.15) is 43.0 Å². The number of aromatic nitrogens is 3. The number of aromatic amines is 1. The molecule has 0 aliphatic rings. The van der Waals surface area contributed by atoms with E-state index in [1.807, 2.05) is 0 Å². The SMILES string of the molecule is CCCCCC(=O)Nc1ccc(C(=O)CSc2n[nH]c(-c3ccccc3F)n2)cc1. The van der Waals surface area contributed by atoms with Crippen molar-refractivity contribution in [3.05, 3.63) is 59.9 Å². The number of nitrogens with zero attached hydrogens (tertiary/aromatic N) is 2. The minimum atomic E-state index is -0.390. The number of carbonyl (C=O) groups is 2. The Morgan fingerprint density at radius 2 is 1.87 bits per heavy atom. The fraction of sp³-hybridized carbons (Fsp3) is 0.273. The number of hydrogen-bond acceptors (Lipinski definition) is 5. The third-order valence-corrected chi connectivity index (χ3v) is 5.27. The van der Waals surface area contributed by atoms with Gasteiger partial charge >= 0.3 is 0 Å². The van der Waals surface area contributed by atoms with Gasteiger partial charge in [0.1, 0.15) is 5.82 Å². The molecule has 0 aliphatic heterocycles. The van der Waals surface area contributed by atoms with E-state index in [0.29, 0.717) is 34.2 Å². The quantitative estimate of drug-likeness (QED) is 0.267. The lowest BCUT2D eigenvalue weighted by Crippen LogP contribution is -2.11. The molecule has 0 atom stereocenters. The molecule has 3 rings (SSSR count). The van der Waals surface area contributed by atoms with Crippen molar-refractivity contribution in [3.8, 4) is 11.4 Å². The van der Waals surface area contributed by atoms with E-state index < -0.39 is 0 Å². The molecule has 156 valence electrons. The molecule has 0 spiro atoms. The van der Waals surface area contributed by atoms with Crippen LogP contribution in [0.2, 0.25) is 0 Å². The largest absolute Gasteiger partial charge is 0.326 e. The Morgan fingerprint density at radius 1 is 1.10 bits per heavy atom. The molecular weight excluding hydrogens is 403 g/mol. The molecule has 0 radical (unpaired) electrons. The minimum Gasteiger partial charge on any atom is -0.326 e. The molecular formula is C22H23FN4O2S. The normalized spacial score (nSPS) is 10.7. The second kappa shape index (κ2) is 10.7. The van der Waals surface area contributed by atoms with E-state index in [2.05, 4.69) is 27.4 Å². The van der Waals surface area contributed by atoms with E-state index in [-0.39, 0.29) is 23.3 Å². The first-order chi connectivity index (χ1) is 14.6. The fourth-order valence-electron chi connectivity index (χ4n) is 2.80.